The number of carbonyl (C=O) groups excluding carboxylic acids is 2. The van der Waals surface area contributed by atoms with Crippen LogP contribution in [0.4, 0.5) is 10.5 Å². The molecule has 2 aromatic carbocycles. The van der Waals surface area contributed by atoms with E-state index in [9.17, 15) is 9.59 Å². The average molecular weight is 409 g/mol. The number of aromatic amines is 1. The first-order valence-electron chi connectivity index (χ1n) is 9.82. The molecule has 0 unspecified atom stereocenters. The summed E-state index contributed by atoms with van der Waals surface area (Å²) < 4.78 is 0. The Balaban J connectivity index is 1.30. The van der Waals surface area contributed by atoms with Crippen molar-refractivity contribution in [2.75, 3.05) is 11.9 Å². The zero-order valence-corrected chi connectivity index (χ0v) is 16.6. The number of nitrogens with zero attached hydrogens (tertiary/aromatic N) is 1. The summed E-state index contributed by atoms with van der Waals surface area (Å²) in [6.07, 6.45) is 2.87. The summed E-state index contributed by atoms with van der Waals surface area (Å²) in [5.41, 5.74) is 4.64. The van der Waals surface area contributed by atoms with Crippen LogP contribution in [0.3, 0.4) is 0 Å². The van der Waals surface area contributed by atoms with Crippen LogP contribution in [0.2, 0.25) is 5.02 Å². The number of nitrogens with one attached hydrogen (secondary N) is 3. The minimum absolute atomic E-state index is 0.0130. The van der Waals surface area contributed by atoms with Crippen molar-refractivity contribution >= 4 is 40.1 Å². The van der Waals surface area contributed by atoms with Gasteiger partial charge in [0.25, 0.3) is 5.91 Å². The van der Waals surface area contributed by atoms with Gasteiger partial charge in [-0.15, -0.1) is 0 Å². The summed E-state index contributed by atoms with van der Waals surface area (Å²) in [6.45, 7) is 1.22. The van der Waals surface area contributed by atoms with Gasteiger partial charge in [-0.05, 0) is 55.3 Å². The fourth-order valence-corrected chi connectivity index (χ4v) is 3.99. The SMILES string of the molecule is O=C(Nc1ccc(C(=O)N2CCc3[nH]c4ccc(Cl)cc4c3C2)cc1)NC1CC1. The van der Waals surface area contributed by atoms with E-state index < -0.39 is 0 Å². The number of benzene rings is 2. The van der Waals surface area contributed by atoms with Crippen LogP contribution in [-0.4, -0.2) is 34.4 Å². The Morgan fingerprint density at radius 2 is 1.90 bits per heavy atom. The van der Waals surface area contributed by atoms with Crippen LogP contribution in [0, 0.1) is 0 Å². The fourth-order valence-electron chi connectivity index (χ4n) is 3.82. The monoisotopic (exact) mass is 408 g/mol. The molecule has 0 saturated heterocycles. The average Bonchev–Trinajstić information content (AvgIpc) is 3.46. The number of urea groups is 1. The van der Waals surface area contributed by atoms with Crippen molar-refractivity contribution in [2.45, 2.75) is 31.8 Å². The van der Waals surface area contributed by atoms with E-state index in [2.05, 4.69) is 15.6 Å². The zero-order valence-electron chi connectivity index (χ0n) is 15.8. The number of halogens is 1. The van der Waals surface area contributed by atoms with Gasteiger partial charge >= 0.3 is 6.03 Å². The molecule has 0 radical (unpaired) electrons. The lowest BCUT2D eigenvalue weighted by atomic mass is 10.0. The highest BCUT2D eigenvalue weighted by atomic mass is 35.5. The molecule has 29 heavy (non-hydrogen) atoms. The highest BCUT2D eigenvalue weighted by Crippen LogP contribution is 2.30. The van der Waals surface area contributed by atoms with E-state index in [1.54, 1.807) is 24.3 Å². The molecular weight excluding hydrogens is 388 g/mol. The molecule has 3 N–H and O–H groups in total. The number of hydrogen-bond donors (Lipinski definition) is 3. The summed E-state index contributed by atoms with van der Waals surface area (Å²) in [5.74, 6) is -0.0130. The Morgan fingerprint density at radius 1 is 1.10 bits per heavy atom. The molecule has 0 spiro atoms. The van der Waals surface area contributed by atoms with E-state index in [1.807, 2.05) is 23.1 Å². The minimum atomic E-state index is -0.201. The van der Waals surface area contributed by atoms with E-state index in [0.29, 0.717) is 35.4 Å². The highest BCUT2D eigenvalue weighted by molar-refractivity contribution is 6.31. The van der Waals surface area contributed by atoms with Gasteiger partial charge in [-0.3, -0.25) is 4.79 Å². The van der Waals surface area contributed by atoms with Crippen molar-refractivity contribution < 1.29 is 9.59 Å². The Morgan fingerprint density at radius 3 is 2.66 bits per heavy atom. The van der Waals surface area contributed by atoms with E-state index in [1.165, 1.54) is 5.69 Å². The third kappa shape index (κ3) is 3.68. The molecule has 7 heteroatoms. The van der Waals surface area contributed by atoms with Gasteiger partial charge in [-0.2, -0.15) is 0 Å². The summed E-state index contributed by atoms with van der Waals surface area (Å²) in [5, 5.41) is 7.45. The highest BCUT2D eigenvalue weighted by Gasteiger charge is 2.25. The molecule has 1 saturated carbocycles. The van der Waals surface area contributed by atoms with Crippen molar-refractivity contribution in [2.24, 2.45) is 0 Å². The Labute approximate surface area is 173 Å². The molecule has 3 amide bonds. The summed E-state index contributed by atoms with van der Waals surface area (Å²) in [6, 6.07) is 13.0. The van der Waals surface area contributed by atoms with Crippen molar-refractivity contribution in [3.63, 3.8) is 0 Å². The molecule has 1 aliphatic heterocycles. The number of amides is 3. The predicted molar refractivity (Wildman–Crippen MR) is 113 cm³/mol. The largest absolute Gasteiger partial charge is 0.358 e. The second-order valence-electron chi connectivity index (χ2n) is 7.70. The maximum Gasteiger partial charge on any atom is 0.319 e. The van der Waals surface area contributed by atoms with Gasteiger partial charge in [0.1, 0.15) is 0 Å². The topological polar surface area (TPSA) is 77.2 Å². The molecule has 1 fully saturated rings. The molecule has 1 aliphatic carbocycles. The predicted octanol–water partition coefficient (Wildman–Crippen LogP) is 4.30. The van der Waals surface area contributed by atoms with E-state index >= 15 is 0 Å². The van der Waals surface area contributed by atoms with Crippen molar-refractivity contribution in [3.8, 4) is 0 Å². The van der Waals surface area contributed by atoms with Gasteiger partial charge in [0.2, 0.25) is 0 Å². The summed E-state index contributed by atoms with van der Waals surface area (Å²) in [4.78, 5) is 30.2. The normalized spacial score (nSPS) is 15.8. The van der Waals surface area contributed by atoms with Crippen LogP contribution in [0.25, 0.3) is 10.9 Å². The Hall–Kier alpha value is -2.99. The zero-order chi connectivity index (χ0) is 20.0. The van der Waals surface area contributed by atoms with Crippen molar-refractivity contribution in [3.05, 3.63) is 64.3 Å². The van der Waals surface area contributed by atoms with Crippen LogP contribution in [0.5, 0.6) is 0 Å². The quantitative estimate of drug-likeness (QED) is 0.604. The number of rotatable bonds is 3. The number of anilines is 1. The number of carbonyl (C=O) groups is 2. The van der Waals surface area contributed by atoms with Gasteiger partial charge in [0.05, 0.1) is 0 Å². The first-order chi connectivity index (χ1) is 14.1. The molecule has 2 heterocycles. The number of aromatic nitrogens is 1. The number of H-pyrrole nitrogens is 1. The lowest BCUT2D eigenvalue weighted by Crippen LogP contribution is -2.35. The second-order valence-corrected chi connectivity index (χ2v) is 8.14. The summed E-state index contributed by atoms with van der Waals surface area (Å²) in [7, 11) is 0. The molecule has 5 rings (SSSR count). The smallest absolute Gasteiger partial charge is 0.319 e. The van der Waals surface area contributed by atoms with Gasteiger partial charge in [0.15, 0.2) is 0 Å². The number of hydrogen-bond acceptors (Lipinski definition) is 2. The van der Waals surface area contributed by atoms with Crippen LogP contribution < -0.4 is 10.6 Å². The minimum Gasteiger partial charge on any atom is -0.358 e. The van der Waals surface area contributed by atoms with Gasteiger partial charge in [-0.1, -0.05) is 11.6 Å². The molecule has 0 atom stereocenters. The maximum atomic E-state index is 13.0. The third-order valence-corrected chi connectivity index (χ3v) is 5.76. The molecule has 148 valence electrons. The van der Waals surface area contributed by atoms with Crippen LogP contribution in [-0.2, 0) is 13.0 Å². The molecule has 0 bridgehead atoms. The third-order valence-electron chi connectivity index (χ3n) is 5.53. The van der Waals surface area contributed by atoms with Crippen LogP contribution >= 0.6 is 11.6 Å². The van der Waals surface area contributed by atoms with E-state index in [0.717, 1.165) is 35.7 Å². The van der Waals surface area contributed by atoms with Crippen molar-refractivity contribution in [1.29, 1.82) is 0 Å². The van der Waals surface area contributed by atoms with E-state index in [-0.39, 0.29) is 11.9 Å². The molecular formula is C22H21ClN4O2. The molecule has 3 aromatic rings. The molecule has 2 aliphatic rings. The molecule has 6 nitrogen and oxygen atoms in total. The van der Waals surface area contributed by atoms with Gasteiger partial charge < -0.3 is 20.5 Å². The standard InChI is InChI=1S/C22H21ClN4O2/c23-14-3-8-19-17(11-14)18-12-27(10-9-20(18)26-19)21(28)13-1-4-15(5-2-13)24-22(29)25-16-6-7-16/h1-5,8,11,16,26H,6-7,9-10,12H2,(H2,24,25,29). The lowest BCUT2D eigenvalue weighted by Gasteiger charge is -2.27. The molecule has 1 aromatic heterocycles. The van der Waals surface area contributed by atoms with Gasteiger partial charge in [0, 0.05) is 64.0 Å². The van der Waals surface area contributed by atoms with Crippen molar-refractivity contribution in [1.82, 2.24) is 15.2 Å². The van der Waals surface area contributed by atoms with E-state index in [4.69, 9.17) is 11.6 Å². The summed E-state index contributed by atoms with van der Waals surface area (Å²) >= 11 is 6.17. The van der Waals surface area contributed by atoms with Crippen LogP contribution in [0.1, 0.15) is 34.5 Å². The lowest BCUT2D eigenvalue weighted by molar-refractivity contribution is 0.0735. The number of fused-ring (bicyclic) bond motifs is 3. The Kier molecular flexibility index (Phi) is 4.43. The Bertz CT molecular complexity index is 1100. The fraction of sp³-hybridized carbons (Fsp3) is 0.273. The van der Waals surface area contributed by atoms with Gasteiger partial charge in [-0.25, -0.2) is 4.79 Å². The first-order valence-corrected chi connectivity index (χ1v) is 10.2. The second kappa shape index (κ2) is 7.12. The maximum absolute atomic E-state index is 13.0. The van der Waals surface area contributed by atoms with Crippen LogP contribution in [0.15, 0.2) is 42.5 Å². The first kappa shape index (κ1) is 18.1.